The van der Waals surface area contributed by atoms with Crippen molar-refractivity contribution in [2.75, 3.05) is 11.9 Å². The molecule has 0 saturated carbocycles. The molecule has 5 heteroatoms. The minimum absolute atomic E-state index is 0.153. The van der Waals surface area contributed by atoms with Crippen LogP contribution in [0.2, 0.25) is 0 Å². The molecule has 1 aromatic heterocycles. The van der Waals surface area contributed by atoms with E-state index in [4.69, 9.17) is 0 Å². The van der Waals surface area contributed by atoms with Gasteiger partial charge in [0.25, 0.3) is 0 Å². The van der Waals surface area contributed by atoms with E-state index in [-0.39, 0.29) is 6.03 Å². The third-order valence-corrected chi connectivity index (χ3v) is 4.45. The van der Waals surface area contributed by atoms with Crippen molar-refractivity contribution in [2.24, 2.45) is 0 Å². The van der Waals surface area contributed by atoms with Gasteiger partial charge in [-0.05, 0) is 31.0 Å². The van der Waals surface area contributed by atoms with Crippen molar-refractivity contribution in [1.82, 2.24) is 14.9 Å². The molecule has 0 bridgehead atoms. The van der Waals surface area contributed by atoms with Gasteiger partial charge < -0.3 is 15.2 Å². The van der Waals surface area contributed by atoms with Gasteiger partial charge in [0.05, 0.1) is 17.4 Å². The zero-order chi connectivity index (χ0) is 17.9. The standard InChI is InChI=1S/C20H32N4O/c1-3-5-7-8-9-10-14-24-16-22-18-15-17(11-12-19(18)24)23-20(25)21-13-6-4-2/h11-12,15-16H,3-10,13-14H2,1-2H3,(H2,21,23,25). The first-order valence-corrected chi connectivity index (χ1v) is 9.74. The number of urea groups is 1. The van der Waals surface area contributed by atoms with Crippen molar-refractivity contribution in [3.8, 4) is 0 Å². The van der Waals surface area contributed by atoms with E-state index in [9.17, 15) is 4.79 Å². The Hall–Kier alpha value is -2.04. The number of anilines is 1. The van der Waals surface area contributed by atoms with Crippen molar-refractivity contribution in [3.05, 3.63) is 24.5 Å². The van der Waals surface area contributed by atoms with Crippen molar-refractivity contribution in [3.63, 3.8) is 0 Å². The molecule has 0 unspecified atom stereocenters. The molecular formula is C20H32N4O. The van der Waals surface area contributed by atoms with Crippen molar-refractivity contribution < 1.29 is 4.79 Å². The van der Waals surface area contributed by atoms with Crippen LogP contribution in [-0.4, -0.2) is 22.1 Å². The summed E-state index contributed by atoms with van der Waals surface area (Å²) < 4.78 is 2.21. The Bertz CT molecular complexity index is 650. The molecule has 2 amide bonds. The van der Waals surface area contributed by atoms with Crippen molar-refractivity contribution >= 4 is 22.8 Å². The number of carbonyl (C=O) groups excluding carboxylic acids is 1. The summed E-state index contributed by atoms with van der Waals surface area (Å²) in [5, 5.41) is 5.73. The highest BCUT2D eigenvalue weighted by Gasteiger charge is 2.06. The molecule has 1 aromatic carbocycles. The van der Waals surface area contributed by atoms with E-state index in [0.29, 0.717) is 6.54 Å². The van der Waals surface area contributed by atoms with Crippen molar-refractivity contribution in [2.45, 2.75) is 71.8 Å². The summed E-state index contributed by atoms with van der Waals surface area (Å²) in [4.78, 5) is 16.3. The van der Waals surface area contributed by atoms with Gasteiger partial charge in [-0.2, -0.15) is 0 Å². The lowest BCUT2D eigenvalue weighted by atomic mass is 10.1. The van der Waals surface area contributed by atoms with Gasteiger partial charge in [-0.15, -0.1) is 0 Å². The summed E-state index contributed by atoms with van der Waals surface area (Å²) in [6.45, 7) is 6.06. The lowest BCUT2D eigenvalue weighted by Crippen LogP contribution is -2.29. The molecule has 0 aliphatic carbocycles. The number of hydrogen-bond donors (Lipinski definition) is 2. The van der Waals surface area contributed by atoms with Crippen LogP contribution in [0.3, 0.4) is 0 Å². The third-order valence-electron chi connectivity index (χ3n) is 4.45. The zero-order valence-corrected chi connectivity index (χ0v) is 15.7. The maximum Gasteiger partial charge on any atom is 0.319 e. The average Bonchev–Trinajstić information content (AvgIpc) is 3.00. The highest BCUT2D eigenvalue weighted by atomic mass is 16.2. The SMILES string of the molecule is CCCCCCCCn1cnc2cc(NC(=O)NCCCC)ccc21. The molecule has 0 aliphatic heterocycles. The number of rotatable bonds is 11. The normalized spacial score (nSPS) is 11.0. The first-order chi connectivity index (χ1) is 12.2. The number of amides is 2. The second kappa shape index (κ2) is 10.7. The molecule has 0 fully saturated rings. The Morgan fingerprint density at radius 2 is 1.80 bits per heavy atom. The lowest BCUT2D eigenvalue weighted by molar-refractivity contribution is 0.252. The maximum atomic E-state index is 11.8. The van der Waals surface area contributed by atoms with Crippen LogP contribution in [0.1, 0.15) is 65.2 Å². The Morgan fingerprint density at radius 1 is 1.04 bits per heavy atom. The highest BCUT2D eigenvalue weighted by molar-refractivity contribution is 5.91. The first-order valence-electron chi connectivity index (χ1n) is 9.74. The summed E-state index contributed by atoms with van der Waals surface area (Å²) in [7, 11) is 0. The van der Waals surface area contributed by atoms with Crippen LogP contribution in [0.15, 0.2) is 24.5 Å². The highest BCUT2D eigenvalue weighted by Crippen LogP contribution is 2.19. The quantitative estimate of drug-likeness (QED) is 0.542. The van der Waals surface area contributed by atoms with E-state index < -0.39 is 0 Å². The van der Waals surface area contributed by atoms with Crippen LogP contribution >= 0.6 is 0 Å². The molecular weight excluding hydrogens is 312 g/mol. The molecule has 0 saturated heterocycles. The minimum atomic E-state index is -0.153. The van der Waals surface area contributed by atoms with Crippen LogP contribution in [-0.2, 0) is 6.54 Å². The summed E-state index contributed by atoms with van der Waals surface area (Å²) in [6, 6.07) is 5.77. The molecule has 1 heterocycles. The number of nitrogens with one attached hydrogen (secondary N) is 2. The van der Waals surface area contributed by atoms with Gasteiger partial charge in [0.2, 0.25) is 0 Å². The second-order valence-corrected chi connectivity index (χ2v) is 6.64. The number of nitrogens with zero attached hydrogens (tertiary/aromatic N) is 2. The fraction of sp³-hybridized carbons (Fsp3) is 0.600. The van der Waals surface area contributed by atoms with E-state index in [1.54, 1.807) is 0 Å². The Balaban J connectivity index is 1.84. The predicted molar refractivity (Wildman–Crippen MR) is 105 cm³/mol. The third kappa shape index (κ3) is 6.40. The molecule has 0 atom stereocenters. The van der Waals surface area contributed by atoms with Crippen LogP contribution in [0.5, 0.6) is 0 Å². The smallest absolute Gasteiger partial charge is 0.319 e. The molecule has 2 rings (SSSR count). The van der Waals surface area contributed by atoms with Crippen LogP contribution in [0.4, 0.5) is 10.5 Å². The van der Waals surface area contributed by atoms with E-state index in [1.165, 1.54) is 38.5 Å². The first kappa shape index (κ1) is 19.3. The second-order valence-electron chi connectivity index (χ2n) is 6.64. The zero-order valence-electron chi connectivity index (χ0n) is 15.7. The monoisotopic (exact) mass is 344 g/mol. The van der Waals surface area contributed by atoms with E-state index >= 15 is 0 Å². The van der Waals surface area contributed by atoms with E-state index in [2.05, 4.69) is 34.0 Å². The van der Waals surface area contributed by atoms with Crippen LogP contribution in [0.25, 0.3) is 11.0 Å². The molecule has 2 N–H and O–H groups in total. The van der Waals surface area contributed by atoms with Gasteiger partial charge in [0, 0.05) is 18.8 Å². The van der Waals surface area contributed by atoms with Gasteiger partial charge in [-0.3, -0.25) is 0 Å². The van der Waals surface area contributed by atoms with Crippen LogP contribution < -0.4 is 10.6 Å². The summed E-state index contributed by atoms with van der Waals surface area (Å²) in [5.41, 5.74) is 2.84. The number of aryl methyl sites for hydroxylation is 1. The fourth-order valence-corrected chi connectivity index (χ4v) is 2.94. The maximum absolute atomic E-state index is 11.8. The van der Waals surface area contributed by atoms with Gasteiger partial charge in [-0.1, -0.05) is 52.4 Å². The number of fused-ring (bicyclic) bond motifs is 1. The predicted octanol–water partition coefficient (Wildman–Crippen LogP) is 5.32. The fourth-order valence-electron chi connectivity index (χ4n) is 2.94. The summed E-state index contributed by atoms with van der Waals surface area (Å²) in [5.74, 6) is 0. The molecule has 2 aromatic rings. The van der Waals surface area contributed by atoms with Crippen molar-refractivity contribution in [1.29, 1.82) is 0 Å². The van der Waals surface area contributed by atoms with Gasteiger partial charge in [0.1, 0.15) is 0 Å². The van der Waals surface area contributed by atoms with Crippen LogP contribution in [0, 0.1) is 0 Å². The Labute approximate surface area is 151 Å². The topological polar surface area (TPSA) is 59.0 Å². The molecule has 0 spiro atoms. The minimum Gasteiger partial charge on any atom is -0.338 e. The number of aromatic nitrogens is 2. The Morgan fingerprint density at radius 3 is 2.60 bits per heavy atom. The molecule has 25 heavy (non-hydrogen) atoms. The van der Waals surface area contributed by atoms with Gasteiger partial charge in [0.15, 0.2) is 0 Å². The number of hydrogen-bond acceptors (Lipinski definition) is 2. The molecule has 0 aliphatic rings. The largest absolute Gasteiger partial charge is 0.338 e. The molecule has 138 valence electrons. The number of imidazole rings is 1. The number of benzene rings is 1. The molecule has 0 radical (unpaired) electrons. The Kier molecular flexibility index (Phi) is 8.29. The van der Waals surface area contributed by atoms with Gasteiger partial charge in [-0.25, -0.2) is 9.78 Å². The summed E-state index contributed by atoms with van der Waals surface area (Å²) >= 11 is 0. The lowest BCUT2D eigenvalue weighted by Gasteiger charge is -2.08. The number of carbonyl (C=O) groups is 1. The number of unbranched alkanes of at least 4 members (excludes halogenated alkanes) is 6. The van der Waals surface area contributed by atoms with E-state index in [1.807, 2.05) is 24.5 Å². The van der Waals surface area contributed by atoms with Gasteiger partial charge >= 0.3 is 6.03 Å². The summed E-state index contributed by atoms with van der Waals surface area (Å²) in [6.07, 6.45) is 11.7. The molecule has 5 nitrogen and oxygen atoms in total. The van der Waals surface area contributed by atoms with E-state index in [0.717, 1.165) is 36.1 Å². The average molecular weight is 345 g/mol.